The lowest BCUT2D eigenvalue weighted by Crippen LogP contribution is -2.43. The molecule has 3 heterocycles. The maximum Gasteiger partial charge on any atom is 0.425 e. The Balaban J connectivity index is 1.68. The van der Waals surface area contributed by atoms with E-state index in [9.17, 15) is 27.9 Å². The van der Waals surface area contributed by atoms with Crippen LogP contribution >= 0.6 is 0 Å². The van der Waals surface area contributed by atoms with E-state index < -0.39 is 28.7 Å². The van der Waals surface area contributed by atoms with Gasteiger partial charge in [0.15, 0.2) is 5.82 Å². The minimum absolute atomic E-state index is 0.0445. The number of benzene rings is 2. The fourth-order valence-electron chi connectivity index (χ4n) is 3.83. The van der Waals surface area contributed by atoms with Gasteiger partial charge in [0.05, 0.1) is 17.4 Å². The standard InChI is InChI=1S/C22H14F4N4O2/c23-15-4-6-16(7-5-15)30-19-8-3-14(10-13(19)11-28-30)21(31,22(24,25)26)18-12-27-20-17(18)2-1-9-29(20)32/h1-12,31-32H. The van der Waals surface area contributed by atoms with Crippen molar-refractivity contribution in [2.24, 2.45) is 0 Å². The Bertz CT molecular complexity index is 1410. The molecule has 0 amide bonds. The first-order chi connectivity index (χ1) is 15.2. The number of rotatable bonds is 3. The van der Waals surface area contributed by atoms with Crippen molar-refractivity contribution in [1.82, 2.24) is 19.5 Å². The van der Waals surface area contributed by atoms with Crippen LogP contribution in [0.2, 0.25) is 0 Å². The van der Waals surface area contributed by atoms with Gasteiger partial charge < -0.3 is 10.3 Å². The fraction of sp³-hybridized carbons (Fsp3) is 0.0909. The first kappa shape index (κ1) is 20.0. The van der Waals surface area contributed by atoms with E-state index in [1.165, 1.54) is 65.6 Å². The minimum atomic E-state index is -5.09. The molecular formula is C22H14F4N4O2. The summed E-state index contributed by atoms with van der Waals surface area (Å²) in [7, 11) is 0. The second-order valence-corrected chi connectivity index (χ2v) is 7.28. The van der Waals surface area contributed by atoms with Crippen molar-refractivity contribution in [3.8, 4) is 17.1 Å². The molecule has 0 saturated carbocycles. The Labute approximate surface area is 177 Å². The van der Waals surface area contributed by atoms with Crippen LogP contribution in [0.25, 0.3) is 28.0 Å². The van der Waals surface area contributed by atoms with Gasteiger partial charge in [-0.2, -0.15) is 23.0 Å². The summed E-state index contributed by atoms with van der Waals surface area (Å²) in [5.74, 6) is -0.544. The van der Waals surface area contributed by atoms with Gasteiger partial charge in [-0.05, 0) is 54.1 Å². The largest absolute Gasteiger partial charge is 0.427 e. The Morgan fingerprint density at radius 1 is 0.938 bits per heavy atom. The zero-order chi connectivity index (χ0) is 22.7. The van der Waals surface area contributed by atoms with E-state index >= 15 is 0 Å². The first-order valence-electron chi connectivity index (χ1n) is 9.39. The number of nitrogens with zero attached hydrogens (tertiary/aromatic N) is 4. The van der Waals surface area contributed by atoms with Crippen molar-refractivity contribution in [1.29, 1.82) is 0 Å². The molecule has 6 nitrogen and oxygen atoms in total. The molecule has 1 unspecified atom stereocenters. The molecule has 2 aromatic carbocycles. The maximum absolute atomic E-state index is 14.3. The number of pyridine rings is 1. The van der Waals surface area contributed by atoms with Crippen LogP contribution in [-0.2, 0) is 5.60 Å². The molecule has 1 atom stereocenters. The van der Waals surface area contributed by atoms with Crippen LogP contribution in [0.15, 0.2) is 73.2 Å². The van der Waals surface area contributed by atoms with E-state index in [4.69, 9.17) is 0 Å². The number of hydrogen-bond acceptors (Lipinski definition) is 4. The summed E-state index contributed by atoms with van der Waals surface area (Å²) < 4.78 is 58.1. The maximum atomic E-state index is 14.3. The second kappa shape index (κ2) is 6.79. The number of fused-ring (bicyclic) bond motifs is 2. The Hall–Kier alpha value is -3.92. The van der Waals surface area contributed by atoms with Crippen LogP contribution in [0.5, 0.6) is 0 Å². The highest BCUT2D eigenvalue weighted by Gasteiger charge is 2.58. The third-order valence-corrected chi connectivity index (χ3v) is 5.41. The van der Waals surface area contributed by atoms with Gasteiger partial charge in [-0.25, -0.2) is 14.1 Å². The fourth-order valence-corrected chi connectivity index (χ4v) is 3.83. The Morgan fingerprint density at radius 3 is 2.41 bits per heavy atom. The highest BCUT2D eigenvalue weighted by molar-refractivity contribution is 5.82. The smallest absolute Gasteiger partial charge is 0.425 e. The number of halogens is 4. The molecule has 3 aromatic rings. The second-order valence-electron chi connectivity index (χ2n) is 7.28. The average Bonchev–Trinajstić information content (AvgIpc) is 3.38. The molecular weight excluding hydrogens is 428 g/mol. The van der Waals surface area contributed by atoms with Crippen molar-refractivity contribution >= 4 is 10.9 Å². The van der Waals surface area contributed by atoms with Crippen LogP contribution in [0.1, 0.15) is 11.1 Å². The van der Waals surface area contributed by atoms with Crippen LogP contribution in [0.4, 0.5) is 17.6 Å². The first-order valence-corrected chi connectivity index (χ1v) is 9.39. The zero-order valence-electron chi connectivity index (χ0n) is 16.1. The van der Waals surface area contributed by atoms with Gasteiger partial charge in [0.2, 0.25) is 5.60 Å². The molecule has 1 aromatic heterocycles. The monoisotopic (exact) mass is 442 g/mol. The summed E-state index contributed by atoms with van der Waals surface area (Å²) >= 11 is 0. The summed E-state index contributed by atoms with van der Waals surface area (Å²) in [5.41, 5.74) is -3.37. The SMILES string of the molecule is On1cccc2c(C(O)(c3ccc4c(cnn4-c4ccc(F)cc4)c3)C(F)(F)F)cnc1-2. The Morgan fingerprint density at radius 2 is 1.69 bits per heavy atom. The third kappa shape index (κ3) is 2.83. The summed E-state index contributed by atoms with van der Waals surface area (Å²) in [6, 6.07) is 11.9. The van der Waals surface area contributed by atoms with Crippen LogP contribution in [0, 0.1) is 5.82 Å². The number of aliphatic hydroxyl groups is 1. The topological polar surface area (TPSA) is 76.1 Å². The van der Waals surface area contributed by atoms with E-state index in [1.54, 1.807) is 0 Å². The van der Waals surface area contributed by atoms with Gasteiger partial charge in [0.25, 0.3) is 0 Å². The summed E-state index contributed by atoms with van der Waals surface area (Å²) in [6.45, 7) is 0. The Kier molecular flexibility index (Phi) is 4.25. The quantitative estimate of drug-likeness (QED) is 0.319. The van der Waals surface area contributed by atoms with Gasteiger partial charge >= 0.3 is 6.18 Å². The van der Waals surface area contributed by atoms with Gasteiger partial charge in [0, 0.05) is 28.9 Å². The molecule has 2 aliphatic heterocycles. The van der Waals surface area contributed by atoms with Crippen molar-refractivity contribution in [2.45, 2.75) is 11.8 Å². The van der Waals surface area contributed by atoms with Crippen molar-refractivity contribution in [2.75, 3.05) is 0 Å². The van der Waals surface area contributed by atoms with Gasteiger partial charge in [-0.15, -0.1) is 0 Å². The highest BCUT2D eigenvalue weighted by Crippen LogP contribution is 2.48. The molecule has 2 N–H and O–H groups in total. The van der Waals surface area contributed by atoms with E-state index in [0.29, 0.717) is 21.3 Å². The lowest BCUT2D eigenvalue weighted by molar-refractivity contribution is -0.248. The number of hydrogen-bond donors (Lipinski definition) is 2. The predicted octanol–water partition coefficient (Wildman–Crippen LogP) is 4.50. The van der Waals surface area contributed by atoms with E-state index in [2.05, 4.69) is 10.1 Å². The van der Waals surface area contributed by atoms with E-state index in [1.807, 2.05) is 0 Å². The van der Waals surface area contributed by atoms with Crippen molar-refractivity contribution in [3.05, 3.63) is 90.1 Å². The number of alkyl halides is 3. The van der Waals surface area contributed by atoms with E-state index in [-0.39, 0.29) is 11.4 Å². The molecule has 0 saturated heterocycles. The minimum Gasteiger partial charge on any atom is -0.427 e. The molecule has 5 rings (SSSR count). The van der Waals surface area contributed by atoms with Gasteiger partial charge in [-0.3, -0.25) is 0 Å². The highest BCUT2D eigenvalue weighted by atomic mass is 19.4. The van der Waals surface area contributed by atoms with Crippen molar-refractivity contribution in [3.63, 3.8) is 0 Å². The normalized spacial score (nSPS) is 14.2. The summed E-state index contributed by atoms with van der Waals surface area (Å²) in [4.78, 5) is 3.84. The average molecular weight is 442 g/mol. The molecule has 162 valence electrons. The molecule has 0 radical (unpaired) electrons. The molecule has 0 fully saturated rings. The van der Waals surface area contributed by atoms with Crippen molar-refractivity contribution < 1.29 is 27.9 Å². The van der Waals surface area contributed by atoms with Gasteiger partial charge in [0.1, 0.15) is 5.82 Å². The molecule has 0 aliphatic carbocycles. The predicted molar refractivity (Wildman–Crippen MR) is 106 cm³/mol. The summed E-state index contributed by atoms with van der Waals surface area (Å²) in [6.07, 6.45) is -1.60. The third-order valence-electron chi connectivity index (χ3n) is 5.41. The van der Waals surface area contributed by atoms with E-state index in [0.717, 1.165) is 12.3 Å². The molecule has 32 heavy (non-hydrogen) atoms. The molecule has 10 heteroatoms. The number of aromatic nitrogens is 4. The lowest BCUT2D eigenvalue weighted by Gasteiger charge is -2.31. The lowest BCUT2D eigenvalue weighted by atomic mass is 9.84. The van der Waals surface area contributed by atoms with Crippen LogP contribution in [0.3, 0.4) is 0 Å². The summed E-state index contributed by atoms with van der Waals surface area (Å²) in [5, 5.41) is 25.4. The van der Waals surface area contributed by atoms with Crippen LogP contribution < -0.4 is 0 Å². The molecule has 0 bridgehead atoms. The molecule has 2 aliphatic rings. The molecule has 0 spiro atoms. The van der Waals surface area contributed by atoms with Crippen LogP contribution in [-0.4, -0.2) is 36.0 Å². The van der Waals surface area contributed by atoms with Gasteiger partial charge in [-0.1, -0.05) is 6.07 Å². The zero-order valence-corrected chi connectivity index (χ0v) is 16.1.